The molecule has 6 heteroatoms. The summed E-state index contributed by atoms with van der Waals surface area (Å²) in [6, 6.07) is 7.73. The van der Waals surface area contributed by atoms with Crippen molar-refractivity contribution in [3.63, 3.8) is 0 Å². The number of hydrogen-bond acceptors (Lipinski definition) is 4. The fourth-order valence-electron chi connectivity index (χ4n) is 2.90. The Labute approximate surface area is 142 Å². The van der Waals surface area contributed by atoms with E-state index in [9.17, 15) is 4.79 Å². The van der Waals surface area contributed by atoms with Crippen molar-refractivity contribution in [2.24, 2.45) is 0 Å². The van der Waals surface area contributed by atoms with Gasteiger partial charge in [0.25, 0.3) is 0 Å². The number of nitrogens with zero attached hydrogens (tertiary/aromatic N) is 4. The molecule has 1 aliphatic heterocycles. The van der Waals surface area contributed by atoms with Crippen LogP contribution in [0, 0.1) is 13.8 Å². The maximum Gasteiger partial charge on any atom is 0.322 e. The van der Waals surface area contributed by atoms with Crippen LogP contribution in [0.2, 0.25) is 0 Å². The molecular weight excluding hydrogens is 302 g/mol. The molecule has 1 aliphatic rings. The number of nitrogens with one attached hydrogen (secondary N) is 1. The van der Waals surface area contributed by atoms with E-state index in [0.717, 1.165) is 35.0 Å². The van der Waals surface area contributed by atoms with Gasteiger partial charge in [-0.05, 0) is 26.0 Å². The molecule has 2 amide bonds. The van der Waals surface area contributed by atoms with E-state index >= 15 is 0 Å². The third-order valence-corrected chi connectivity index (χ3v) is 4.16. The second kappa shape index (κ2) is 6.47. The van der Waals surface area contributed by atoms with Gasteiger partial charge in [-0.2, -0.15) is 0 Å². The Morgan fingerprint density at radius 3 is 2.54 bits per heavy atom. The topological polar surface area (TPSA) is 61.4 Å². The molecule has 1 aromatic carbocycles. The zero-order valence-corrected chi connectivity index (χ0v) is 14.6. The Hall–Kier alpha value is -2.63. The fraction of sp³-hybridized carbons (Fsp3) is 0.389. The van der Waals surface area contributed by atoms with E-state index in [4.69, 9.17) is 0 Å². The molecule has 2 heterocycles. The maximum absolute atomic E-state index is 12.6. The van der Waals surface area contributed by atoms with Crippen LogP contribution in [0.15, 0.2) is 24.3 Å². The predicted molar refractivity (Wildman–Crippen MR) is 95.4 cm³/mol. The Bertz CT molecular complexity index is 755. The van der Waals surface area contributed by atoms with Crippen molar-refractivity contribution in [3.8, 4) is 0 Å². The van der Waals surface area contributed by atoms with Crippen LogP contribution < -0.4 is 10.2 Å². The standard InChI is InChI=1S/C18H23N5O/c1-12-5-7-14(8-6-12)21-18(24)23-10-9-16-15(11-23)17(22(3)4)20-13(2)19-16/h5-8H,9-11H2,1-4H3,(H,21,24). The summed E-state index contributed by atoms with van der Waals surface area (Å²) in [5, 5.41) is 2.96. The molecule has 2 aromatic rings. The average Bonchev–Trinajstić information content (AvgIpc) is 2.55. The first-order valence-corrected chi connectivity index (χ1v) is 8.10. The Morgan fingerprint density at radius 1 is 1.17 bits per heavy atom. The van der Waals surface area contributed by atoms with Crippen molar-refractivity contribution in [2.75, 3.05) is 30.9 Å². The number of urea groups is 1. The van der Waals surface area contributed by atoms with Crippen molar-refractivity contribution in [1.82, 2.24) is 14.9 Å². The average molecular weight is 325 g/mol. The first kappa shape index (κ1) is 16.2. The number of hydrogen-bond donors (Lipinski definition) is 1. The van der Waals surface area contributed by atoms with Crippen molar-refractivity contribution < 1.29 is 4.79 Å². The number of aryl methyl sites for hydroxylation is 2. The quantitative estimate of drug-likeness (QED) is 0.922. The molecular formula is C18H23N5O. The number of benzene rings is 1. The summed E-state index contributed by atoms with van der Waals surface area (Å²) in [5.41, 5.74) is 4.06. The van der Waals surface area contributed by atoms with Gasteiger partial charge in [-0.3, -0.25) is 0 Å². The molecule has 126 valence electrons. The Morgan fingerprint density at radius 2 is 1.88 bits per heavy atom. The summed E-state index contributed by atoms with van der Waals surface area (Å²) in [6.45, 7) is 5.12. The Kier molecular flexibility index (Phi) is 4.38. The lowest BCUT2D eigenvalue weighted by molar-refractivity contribution is 0.206. The monoisotopic (exact) mass is 325 g/mol. The van der Waals surface area contributed by atoms with Gasteiger partial charge in [0.2, 0.25) is 0 Å². The van der Waals surface area contributed by atoms with Crippen molar-refractivity contribution in [1.29, 1.82) is 0 Å². The molecule has 0 saturated carbocycles. The highest BCUT2D eigenvalue weighted by Crippen LogP contribution is 2.26. The third kappa shape index (κ3) is 3.32. The number of fused-ring (bicyclic) bond motifs is 1. The minimum Gasteiger partial charge on any atom is -0.362 e. The third-order valence-electron chi connectivity index (χ3n) is 4.16. The molecule has 0 radical (unpaired) electrons. The van der Waals surface area contributed by atoms with Gasteiger partial charge in [0.1, 0.15) is 11.6 Å². The van der Waals surface area contributed by atoms with Crippen LogP contribution in [0.5, 0.6) is 0 Å². The minimum atomic E-state index is -0.0882. The van der Waals surface area contributed by atoms with Gasteiger partial charge in [-0.1, -0.05) is 17.7 Å². The molecule has 0 saturated heterocycles. The highest BCUT2D eigenvalue weighted by atomic mass is 16.2. The van der Waals surface area contributed by atoms with Crippen LogP contribution in [0.4, 0.5) is 16.3 Å². The smallest absolute Gasteiger partial charge is 0.322 e. The first-order valence-electron chi connectivity index (χ1n) is 8.10. The summed E-state index contributed by atoms with van der Waals surface area (Å²) in [6.07, 6.45) is 0.751. The van der Waals surface area contributed by atoms with Gasteiger partial charge in [0, 0.05) is 38.3 Å². The molecule has 0 spiro atoms. The van der Waals surface area contributed by atoms with Crippen LogP contribution >= 0.6 is 0 Å². The maximum atomic E-state index is 12.6. The number of aromatic nitrogens is 2. The predicted octanol–water partition coefficient (Wildman–Crippen LogP) is 2.75. The summed E-state index contributed by atoms with van der Waals surface area (Å²) in [7, 11) is 3.93. The SMILES string of the molecule is Cc1ccc(NC(=O)N2CCc3nc(C)nc(N(C)C)c3C2)cc1. The van der Waals surface area contributed by atoms with Crippen LogP contribution in [0.25, 0.3) is 0 Å². The second-order valence-corrected chi connectivity index (χ2v) is 6.38. The molecule has 0 aliphatic carbocycles. The largest absolute Gasteiger partial charge is 0.362 e. The van der Waals surface area contributed by atoms with Crippen molar-refractivity contribution in [3.05, 3.63) is 46.9 Å². The van der Waals surface area contributed by atoms with Crippen LogP contribution in [0.1, 0.15) is 22.6 Å². The normalized spacial score (nSPS) is 13.4. The van der Waals surface area contributed by atoms with Gasteiger partial charge in [-0.15, -0.1) is 0 Å². The molecule has 0 bridgehead atoms. The number of rotatable bonds is 2. The minimum absolute atomic E-state index is 0.0882. The molecule has 24 heavy (non-hydrogen) atoms. The van der Waals surface area contributed by atoms with Crippen LogP contribution in [-0.2, 0) is 13.0 Å². The summed E-state index contributed by atoms with van der Waals surface area (Å²) < 4.78 is 0. The van der Waals surface area contributed by atoms with Crippen molar-refractivity contribution >= 4 is 17.5 Å². The summed E-state index contributed by atoms with van der Waals surface area (Å²) >= 11 is 0. The van der Waals surface area contributed by atoms with Crippen LogP contribution in [0.3, 0.4) is 0 Å². The molecule has 0 fully saturated rings. The highest BCUT2D eigenvalue weighted by Gasteiger charge is 2.25. The van der Waals surface area contributed by atoms with E-state index < -0.39 is 0 Å². The van der Waals surface area contributed by atoms with Crippen molar-refractivity contribution in [2.45, 2.75) is 26.8 Å². The zero-order valence-electron chi connectivity index (χ0n) is 14.6. The molecule has 0 atom stereocenters. The highest BCUT2D eigenvalue weighted by molar-refractivity contribution is 5.89. The molecule has 1 aromatic heterocycles. The fourth-order valence-corrected chi connectivity index (χ4v) is 2.90. The molecule has 6 nitrogen and oxygen atoms in total. The van der Waals surface area contributed by atoms with Gasteiger partial charge >= 0.3 is 6.03 Å². The summed E-state index contributed by atoms with van der Waals surface area (Å²) in [4.78, 5) is 25.4. The van der Waals surface area contributed by atoms with Gasteiger partial charge in [-0.25, -0.2) is 14.8 Å². The van der Waals surface area contributed by atoms with E-state index in [1.54, 1.807) is 0 Å². The zero-order chi connectivity index (χ0) is 17.3. The van der Waals surface area contributed by atoms with E-state index in [0.29, 0.717) is 13.1 Å². The van der Waals surface area contributed by atoms with Gasteiger partial charge in [0.15, 0.2) is 0 Å². The van der Waals surface area contributed by atoms with Gasteiger partial charge in [0.05, 0.1) is 12.2 Å². The summed E-state index contributed by atoms with van der Waals surface area (Å²) in [5.74, 6) is 1.67. The molecule has 1 N–H and O–H groups in total. The van der Waals surface area contributed by atoms with E-state index in [-0.39, 0.29) is 6.03 Å². The first-order chi connectivity index (χ1) is 11.4. The number of carbonyl (C=O) groups excluding carboxylic acids is 1. The second-order valence-electron chi connectivity index (χ2n) is 6.38. The van der Waals surface area contributed by atoms with E-state index in [1.165, 1.54) is 5.56 Å². The number of amides is 2. The molecule has 3 rings (SSSR count). The molecule has 0 unspecified atom stereocenters. The van der Waals surface area contributed by atoms with Gasteiger partial charge < -0.3 is 15.1 Å². The Balaban J connectivity index is 1.79. The number of carbonyl (C=O) groups is 1. The van der Waals surface area contributed by atoms with E-state index in [1.807, 2.05) is 62.0 Å². The van der Waals surface area contributed by atoms with E-state index in [2.05, 4.69) is 15.3 Å². The lowest BCUT2D eigenvalue weighted by Gasteiger charge is -2.31. The lowest BCUT2D eigenvalue weighted by atomic mass is 10.1. The van der Waals surface area contributed by atoms with Crippen LogP contribution in [-0.4, -0.2) is 41.5 Å². The number of anilines is 2. The lowest BCUT2D eigenvalue weighted by Crippen LogP contribution is -2.40.